The van der Waals surface area contributed by atoms with Gasteiger partial charge in [0.25, 0.3) is 5.89 Å². The number of nitrogens with two attached hydrogens (primary N) is 1. The quantitative estimate of drug-likeness (QED) is 0.726. The minimum Gasteiger partial charge on any atom is -0.508 e. The van der Waals surface area contributed by atoms with Crippen LogP contribution in [0, 0.1) is 0 Å². The predicted molar refractivity (Wildman–Crippen MR) is 69.0 cm³/mol. The summed E-state index contributed by atoms with van der Waals surface area (Å²) in [5.74, 6) is 0.758. The maximum atomic E-state index is 9.42. The van der Waals surface area contributed by atoms with Gasteiger partial charge in [-0.05, 0) is 24.3 Å². The SMILES string of the molecule is Nc1cccnc1-c1nc(-c2cccc(O)c2)no1. The van der Waals surface area contributed by atoms with Crippen LogP contribution in [-0.2, 0) is 0 Å². The van der Waals surface area contributed by atoms with Gasteiger partial charge in [0.05, 0.1) is 5.69 Å². The zero-order valence-electron chi connectivity index (χ0n) is 9.82. The highest BCUT2D eigenvalue weighted by molar-refractivity contribution is 5.67. The lowest BCUT2D eigenvalue weighted by atomic mass is 10.2. The molecule has 0 radical (unpaired) electrons. The zero-order chi connectivity index (χ0) is 13.2. The maximum Gasteiger partial charge on any atom is 0.278 e. The maximum absolute atomic E-state index is 9.42. The third-order valence-electron chi connectivity index (χ3n) is 2.57. The molecular formula is C13H10N4O2. The van der Waals surface area contributed by atoms with Gasteiger partial charge in [-0.2, -0.15) is 4.98 Å². The van der Waals surface area contributed by atoms with Crippen molar-refractivity contribution in [2.75, 3.05) is 5.73 Å². The van der Waals surface area contributed by atoms with Crippen LogP contribution in [0.3, 0.4) is 0 Å². The Labute approximate surface area is 108 Å². The Kier molecular flexibility index (Phi) is 2.60. The van der Waals surface area contributed by atoms with Crippen molar-refractivity contribution >= 4 is 5.69 Å². The third kappa shape index (κ3) is 2.11. The second kappa shape index (κ2) is 4.41. The first-order valence-electron chi connectivity index (χ1n) is 5.58. The predicted octanol–water partition coefficient (Wildman–Crippen LogP) is 2.09. The van der Waals surface area contributed by atoms with Crippen LogP contribution < -0.4 is 5.73 Å². The van der Waals surface area contributed by atoms with Gasteiger partial charge in [-0.25, -0.2) is 4.98 Å². The van der Waals surface area contributed by atoms with E-state index >= 15 is 0 Å². The lowest BCUT2D eigenvalue weighted by Gasteiger charge is -1.97. The number of benzene rings is 1. The highest BCUT2D eigenvalue weighted by Gasteiger charge is 2.14. The van der Waals surface area contributed by atoms with E-state index in [0.717, 1.165) is 0 Å². The number of nitrogen functional groups attached to an aromatic ring is 1. The van der Waals surface area contributed by atoms with Crippen molar-refractivity contribution in [2.45, 2.75) is 0 Å². The van der Waals surface area contributed by atoms with Crippen molar-refractivity contribution in [3.63, 3.8) is 0 Å². The highest BCUT2D eigenvalue weighted by atomic mass is 16.5. The standard InChI is InChI=1S/C13H10N4O2/c14-10-5-2-6-15-11(10)13-16-12(17-19-13)8-3-1-4-9(18)7-8/h1-7,18H,14H2. The van der Waals surface area contributed by atoms with Crippen LogP contribution in [0.25, 0.3) is 23.0 Å². The fraction of sp³-hybridized carbons (Fsp3) is 0. The summed E-state index contributed by atoms with van der Waals surface area (Å²) in [6.07, 6.45) is 1.60. The number of pyridine rings is 1. The summed E-state index contributed by atoms with van der Waals surface area (Å²) in [6.45, 7) is 0. The van der Waals surface area contributed by atoms with Gasteiger partial charge < -0.3 is 15.4 Å². The average Bonchev–Trinajstić information content (AvgIpc) is 2.89. The summed E-state index contributed by atoms with van der Waals surface area (Å²) in [6, 6.07) is 10.0. The van der Waals surface area contributed by atoms with Gasteiger partial charge in [0.15, 0.2) is 5.69 Å². The Hall–Kier alpha value is -2.89. The number of aromatic hydroxyl groups is 1. The summed E-state index contributed by atoms with van der Waals surface area (Å²) in [4.78, 5) is 8.32. The monoisotopic (exact) mass is 254 g/mol. The molecule has 0 bridgehead atoms. The van der Waals surface area contributed by atoms with E-state index in [0.29, 0.717) is 22.8 Å². The summed E-state index contributed by atoms with van der Waals surface area (Å²) in [7, 11) is 0. The second-order valence-corrected chi connectivity index (χ2v) is 3.91. The zero-order valence-corrected chi connectivity index (χ0v) is 9.82. The highest BCUT2D eigenvalue weighted by Crippen LogP contribution is 2.25. The molecule has 0 saturated heterocycles. The third-order valence-corrected chi connectivity index (χ3v) is 2.57. The molecule has 6 heteroatoms. The van der Waals surface area contributed by atoms with Crippen molar-refractivity contribution < 1.29 is 9.63 Å². The molecule has 3 rings (SSSR count). The summed E-state index contributed by atoms with van der Waals surface area (Å²) < 4.78 is 5.14. The summed E-state index contributed by atoms with van der Waals surface area (Å²) in [5, 5.41) is 13.3. The number of nitrogens with zero attached hydrogens (tertiary/aromatic N) is 3. The normalized spacial score (nSPS) is 10.5. The molecule has 94 valence electrons. The van der Waals surface area contributed by atoms with Crippen molar-refractivity contribution in [2.24, 2.45) is 0 Å². The Morgan fingerprint density at radius 1 is 1.16 bits per heavy atom. The lowest BCUT2D eigenvalue weighted by molar-refractivity contribution is 0.431. The number of phenols is 1. The molecule has 3 aromatic rings. The van der Waals surface area contributed by atoms with Crippen LogP contribution >= 0.6 is 0 Å². The van der Waals surface area contributed by atoms with E-state index in [2.05, 4.69) is 15.1 Å². The molecule has 0 saturated carbocycles. The Morgan fingerprint density at radius 3 is 2.84 bits per heavy atom. The Balaban J connectivity index is 2.03. The molecular weight excluding hydrogens is 244 g/mol. The second-order valence-electron chi connectivity index (χ2n) is 3.91. The van der Waals surface area contributed by atoms with E-state index in [1.165, 1.54) is 0 Å². The molecule has 0 amide bonds. The number of rotatable bonds is 2. The van der Waals surface area contributed by atoms with Gasteiger partial charge in [-0.15, -0.1) is 0 Å². The van der Waals surface area contributed by atoms with Gasteiger partial charge in [0, 0.05) is 11.8 Å². The molecule has 2 aromatic heterocycles. The molecule has 6 nitrogen and oxygen atoms in total. The van der Waals surface area contributed by atoms with Crippen LogP contribution in [0.5, 0.6) is 5.75 Å². The fourth-order valence-electron chi connectivity index (χ4n) is 1.68. The van der Waals surface area contributed by atoms with Gasteiger partial charge in [-0.3, -0.25) is 0 Å². The van der Waals surface area contributed by atoms with Crippen LogP contribution in [-0.4, -0.2) is 20.2 Å². The van der Waals surface area contributed by atoms with E-state index in [9.17, 15) is 5.11 Å². The molecule has 0 unspecified atom stereocenters. The Bertz CT molecular complexity index is 724. The van der Waals surface area contributed by atoms with E-state index in [1.54, 1.807) is 42.6 Å². The number of hydrogen-bond acceptors (Lipinski definition) is 6. The van der Waals surface area contributed by atoms with Crippen LogP contribution in [0.1, 0.15) is 0 Å². The average molecular weight is 254 g/mol. The Morgan fingerprint density at radius 2 is 2.05 bits per heavy atom. The smallest absolute Gasteiger partial charge is 0.278 e. The van der Waals surface area contributed by atoms with E-state index in [-0.39, 0.29) is 11.6 Å². The lowest BCUT2D eigenvalue weighted by Crippen LogP contribution is -1.92. The largest absolute Gasteiger partial charge is 0.508 e. The minimum absolute atomic E-state index is 0.140. The van der Waals surface area contributed by atoms with Gasteiger partial charge in [-0.1, -0.05) is 17.3 Å². The number of hydrogen-bond donors (Lipinski definition) is 2. The van der Waals surface area contributed by atoms with Gasteiger partial charge >= 0.3 is 0 Å². The molecule has 19 heavy (non-hydrogen) atoms. The van der Waals surface area contributed by atoms with E-state index in [1.807, 2.05) is 0 Å². The first-order valence-corrected chi connectivity index (χ1v) is 5.58. The number of phenolic OH excluding ortho intramolecular Hbond substituents is 1. The summed E-state index contributed by atoms with van der Waals surface area (Å²) >= 11 is 0. The van der Waals surface area contributed by atoms with Crippen molar-refractivity contribution in [1.82, 2.24) is 15.1 Å². The molecule has 1 aromatic carbocycles. The van der Waals surface area contributed by atoms with Gasteiger partial charge in [0.1, 0.15) is 5.75 Å². The molecule has 0 aliphatic rings. The molecule has 3 N–H and O–H groups in total. The van der Waals surface area contributed by atoms with Crippen molar-refractivity contribution in [3.8, 4) is 28.7 Å². The minimum atomic E-state index is 0.140. The van der Waals surface area contributed by atoms with Crippen LogP contribution in [0.2, 0.25) is 0 Å². The first-order chi connectivity index (χ1) is 9.24. The number of aromatic nitrogens is 3. The molecule has 0 spiro atoms. The molecule has 0 aliphatic carbocycles. The fourth-order valence-corrected chi connectivity index (χ4v) is 1.68. The first kappa shape index (κ1) is 11.2. The van der Waals surface area contributed by atoms with Crippen LogP contribution in [0.15, 0.2) is 47.1 Å². The van der Waals surface area contributed by atoms with E-state index < -0.39 is 0 Å². The number of anilines is 1. The summed E-state index contributed by atoms with van der Waals surface area (Å²) in [5.41, 5.74) is 7.36. The van der Waals surface area contributed by atoms with Crippen molar-refractivity contribution in [3.05, 3.63) is 42.6 Å². The molecule has 0 atom stereocenters. The van der Waals surface area contributed by atoms with Crippen LogP contribution in [0.4, 0.5) is 5.69 Å². The molecule has 0 fully saturated rings. The van der Waals surface area contributed by atoms with E-state index in [4.69, 9.17) is 10.3 Å². The van der Waals surface area contributed by atoms with Gasteiger partial charge in [0.2, 0.25) is 5.82 Å². The topological polar surface area (TPSA) is 98.1 Å². The molecule has 2 heterocycles. The van der Waals surface area contributed by atoms with Crippen molar-refractivity contribution in [1.29, 1.82) is 0 Å². The molecule has 0 aliphatic heterocycles.